The smallest absolute Gasteiger partial charge is 0.243 e. The Labute approximate surface area is 145 Å². The molecule has 124 valence electrons. The van der Waals surface area contributed by atoms with E-state index in [9.17, 15) is 9.59 Å². The summed E-state index contributed by atoms with van der Waals surface area (Å²) in [5.74, 6) is -0.657. The van der Waals surface area contributed by atoms with Crippen molar-refractivity contribution in [1.29, 1.82) is 0 Å². The molecule has 1 atom stereocenters. The first-order valence-corrected chi connectivity index (χ1v) is 8.03. The third kappa shape index (κ3) is 3.21. The summed E-state index contributed by atoms with van der Waals surface area (Å²) in [6.07, 6.45) is 0.523. The van der Waals surface area contributed by atoms with Crippen LogP contribution in [0.3, 0.4) is 0 Å². The monoisotopic (exact) mass is 343 g/mol. The third-order valence-corrected chi connectivity index (χ3v) is 4.60. The molecule has 0 radical (unpaired) electrons. The number of amides is 2. The van der Waals surface area contributed by atoms with Gasteiger partial charge in [0.05, 0.1) is 6.54 Å². The van der Waals surface area contributed by atoms with Gasteiger partial charge in [0.2, 0.25) is 11.8 Å². The van der Waals surface area contributed by atoms with Crippen LogP contribution in [-0.2, 0) is 16.0 Å². The first-order valence-electron chi connectivity index (χ1n) is 7.65. The van der Waals surface area contributed by atoms with Gasteiger partial charge in [0.15, 0.2) is 0 Å². The Hall–Kier alpha value is -2.53. The van der Waals surface area contributed by atoms with Crippen molar-refractivity contribution in [2.75, 3.05) is 16.8 Å². The zero-order chi connectivity index (χ0) is 17.3. The van der Waals surface area contributed by atoms with E-state index in [1.807, 2.05) is 37.3 Å². The van der Waals surface area contributed by atoms with E-state index in [4.69, 9.17) is 17.3 Å². The lowest BCUT2D eigenvalue weighted by molar-refractivity contribution is -0.119. The van der Waals surface area contributed by atoms with E-state index in [0.29, 0.717) is 17.1 Å². The number of hydrogen-bond donors (Lipinski definition) is 2. The van der Waals surface area contributed by atoms with E-state index in [1.165, 1.54) is 0 Å². The van der Waals surface area contributed by atoms with Gasteiger partial charge in [0.25, 0.3) is 0 Å². The number of halogens is 1. The second-order valence-electron chi connectivity index (χ2n) is 5.89. The molecule has 0 aromatic heterocycles. The Bertz CT molecular complexity index is 807. The number of benzene rings is 2. The minimum Gasteiger partial charge on any atom is -0.368 e. The molecule has 0 unspecified atom stereocenters. The molecule has 2 amide bonds. The fourth-order valence-corrected chi connectivity index (χ4v) is 3.11. The van der Waals surface area contributed by atoms with Gasteiger partial charge in [0, 0.05) is 22.8 Å². The Morgan fingerprint density at radius 2 is 2.04 bits per heavy atom. The number of hydrogen-bond acceptors (Lipinski definition) is 3. The summed E-state index contributed by atoms with van der Waals surface area (Å²) in [5.41, 5.74) is 8.96. The predicted octanol–water partition coefficient (Wildman–Crippen LogP) is 2.50. The van der Waals surface area contributed by atoms with Crippen LogP contribution in [0, 0.1) is 6.92 Å². The summed E-state index contributed by atoms with van der Waals surface area (Å²) in [5, 5.41) is 3.40. The highest BCUT2D eigenvalue weighted by molar-refractivity contribution is 6.31. The van der Waals surface area contributed by atoms with Gasteiger partial charge in [-0.1, -0.05) is 35.9 Å². The zero-order valence-electron chi connectivity index (χ0n) is 13.3. The molecule has 3 rings (SSSR count). The first kappa shape index (κ1) is 16.3. The molecule has 2 aromatic rings. The van der Waals surface area contributed by atoms with Crippen LogP contribution >= 0.6 is 11.6 Å². The summed E-state index contributed by atoms with van der Waals surface area (Å²) < 4.78 is 0. The maximum Gasteiger partial charge on any atom is 0.243 e. The minimum atomic E-state index is -0.505. The van der Waals surface area contributed by atoms with Crippen molar-refractivity contribution >= 4 is 34.8 Å². The summed E-state index contributed by atoms with van der Waals surface area (Å²) >= 11 is 6.08. The Morgan fingerprint density at radius 1 is 1.29 bits per heavy atom. The maximum absolute atomic E-state index is 12.4. The molecule has 6 heteroatoms. The molecule has 0 saturated carbocycles. The van der Waals surface area contributed by atoms with Crippen LogP contribution in [-0.4, -0.2) is 24.4 Å². The molecule has 24 heavy (non-hydrogen) atoms. The summed E-state index contributed by atoms with van der Waals surface area (Å²) in [6, 6.07) is 12.5. The highest BCUT2D eigenvalue weighted by atomic mass is 35.5. The highest BCUT2D eigenvalue weighted by Crippen LogP contribution is 2.31. The lowest BCUT2D eigenvalue weighted by Gasteiger charge is -2.24. The van der Waals surface area contributed by atoms with Crippen molar-refractivity contribution in [3.8, 4) is 0 Å². The Kier molecular flexibility index (Phi) is 4.44. The lowest BCUT2D eigenvalue weighted by atomic mass is 10.1. The van der Waals surface area contributed by atoms with Crippen LogP contribution in [0.2, 0.25) is 5.02 Å². The van der Waals surface area contributed by atoms with Crippen molar-refractivity contribution in [2.45, 2.75) is 19.4 Å². The van der Waals surface area contributed by atoms with Gasteiger partial charge in [-0.2, -0.15) is 0 Å². The zero-order valence-corrected chi connectivity index (χ0v) is 14.0. The number of carbonyl (C=O) groups is 2. The van der Waals surface area contributed by atoms with Crippen LogP contribution in [0.15, 0.2) is 42.5 Å². The minimum absolute atomic E-state index is 0.0517. The van der Waals surface area contributed by atoms with Gasteiger partial charge in [-0.15, -0.1) is 0 Å². The average Bonchev–Trinajstić information content (AvgIpc) is 2.90. The number of nitrogens with zero attached hydrogens (tertiary/aromatic N) is 1. The number of nitrogens with two attached hydrogens (primary N) is 1. The molecule has 0 spiro atoms. The van der Waals surface area contributed by atoms with Gasteiger partial charge >= 0.3 is 0 Å². The fraction of sp³-hybridized carbons (Fsp3) is 0.222. The summed E-state index contributed by atoms with van der Waals surface area (Å²) in [4.78, 5) is 25.9. The molecule has 1 heterocycles. The topological polar surface area (TPSA) is 75.4 Å². The molecule has 0 fully saturated rings. The normalized spacial score (nSPS) is 15.9. The lowest BCUT2D eigenvalue weighted by Crippen LogP contribution is -2.46. The van der Waals surface area contributed by atoms with E-state index >= 15 is 0 Å². The van der Waals surface area contributed by atoms with Gasteiger partial charge in [-0.3, -0.25) is 9.59 Å². The number of para-hydroxylation sites is 1. The van der Waals surface area contributed by atoms with Crippen LogP contribution in [0.1, 0.15) is 11.1 Å². The van der Waals surface area contributed by atoms with E-state index in [0.717, 1.165) is 16.8 Å². The quantitative estimate of drug-likeness (QED) is 0.895. The molecule has 5 nitrogen and oxygen atoms in total. The first-order chi connectivity index (χ1) is 11.5. The van der Waals surface area contributed by atoms with Crippen molar-refractivity contribution < 1.29 is 9.59 Å². The largest absolute Gasteiger partial charge is 0.368 e. The van der Waals surface area contributed by atoms with E-state index < -0.39 is 11.9 Å². The molecule has 1 aliphatic heterocycles. The predicted molar refractivity (Wildman–Crippen MR) is 95.3 cm³/mol. The molecule has 3 N–H and O–H groups in total. The third-order valence-electron chi connectivity index (χ3n) is 4.19. The molecule has 1 aliphatic rings. The number of primary amides is 1. The molecule has 0 saturated heterocycles. The number of rotatable bonds is 4. The molecule has 0 bridgehead atoms. The number of fused-ring (bicyclic) bond motifs is 1. The van der Waals surface area contributed by atoms with Crippen molar-refractivity contribution in [1.82, 2.24) is 0 Å². The number of anilines is 2. The Balaban J connectivity index is 1.76. The fourth-order valence-electron chi connectivity index (χ4n) is 2.93. The van der Waals surface area contributed by atoms with Crippen LogP contribution in [0.4, 0.5) is 11.4 Å². The summed E-state index contributed by atoms with van der Waals surface area (Å²) in [6.45, 7) is 1.95. The van der Waals surface area contributed by atoms with E-state index in [2.05, 4.69) is 5.32 Å². The van der Waals surface area contributed by atoms with E-state index in [1.54, 1.807) is 17.0 Å². The summed E-state index contributed by atoms with van der Waals surface area (Å²) in [7, 11) is 0. The van der Waals surface area contributed by atoms with Crippen molar-refractivity contribution in [3.05, 3.63) is 58.6 Å². The number of carbonyl (C=O) groups excluding carboxylic acids is 2. The van der Waals surface area contributed by atoms with Gasteiger partial charge in [-0.05, 0) is 36.2 Å². The van der Waals surface area contributed by atoms with Crippen molar-refractivity contribution in [3.63, 3.8) is 0 Å². The maximum atomic E-state index is 12.4. The van der Waals surface area contributed by atoms with E-state index in [-0.39, 0.29) is 12.5 Å². The van der Waals surface area contributed by atoms with Crippen LogP contribution in [0.5, 0.6) is 0 Å². The van der Waals surface area contributed by atoms with Crippen LogP contribution < -0.4 is 16.0 Å². The van der Waals surface area contributed by atoms with Crippen molar-refractivity contribution in [2.24, 2.45) is 5.73 Å². The second kappa shape index (κ2) is 6.53. The Morgan fingerprint density at radius 3 is 2.75 bits per heavy atom. The second-order valence-corrected chi connectivity index (χ2v) is 6.30. The highest BCUT2D eigenvalue weighted by Gasteiger charge is 2.33. The SMILES string of the molecule is Cc1ccc(NC(=O)CN2c3ccccc3C[C@H]2C(N)=O)cc1Cl. The number of aryl methyl sites for hydroxylation is 1. The van der Waals surface area contributed by atoms with Gasteiger partial charge in [0.1, 0.15) is 6.04 Å². The van der Waals surface area contributed by atoms with Crippen LogP contribution in [0.25, 0.3) is 0 Å². The molecule has 2 aromatic carbocycles. The van der Waals surface area contributed by atoms with Gasteiger partial charge < -0.3 is 16.0 Å². The molecule has 0 aliphatic carbocycles. The molecular weight excluding hydrogens is 326 g/mol. The number of nitrogens with one attached hydrogen (secondary N) is 1. The standard InChI is InChI=1S/C18H18ClN3O2/c1-11-6-7-13(9-14(11)19)21-17(23)10-22-15-5-3-2-4-12(15)8-16(22)18(20)24/h2-7,9,16H,8,10H2,1H3,(H2,20,24)(H,21,23)/t16-/m0/s1. The molecular formula is C18H18ClN3O2. The van der Waals surface area contributed by atoms with Gasteiger partial charge in [-0.25, -0.2) is 0 Å². The average molecular weight is 344 g/mol.